The summed E-state index contributed by atoms with van der Waals surface area (Å²) in [6.07, 6.45) is 0.0332. The molecule has 2 aromatic rings. The molecule has 0 aromatic carbocycles. The first-order valence-electron chi connectivity index (χ1n) is 8.29. The molecule has 0 amide bonds. The number of fused-ring (bicyclic) bond motifs is 1. The molecule has 2 aromatic heterocycles. The molecule has 0 bridgehead atoms. The fraction of sp³-hybridized carbons (Fsp3) is 0.500. The van der Waals surface area contributed by atoms with E-state index in [1.165, 1.54) is 22.1 Å². The van der Waals surface area contributed by atoms with Gasteiger partial charge < -0.3 is 30.5 Å². The average molecular weight is 435 g/mol. The van der Waals surface area contributed by atoms with E-state index < -0.39 is 38.8 Å². The van der Waals surface area contributed by atoms with Crippen molar-refractivity contribution in [3.8, 4) is 0 Å². The van der Waals surface area contributed by atoms with Gasteiger partial charge in [0.2, 0.25) is 5.95 Å². The molecular weight excluding hydrogens is 416 g/mol. The van der Waals surface area contributed by atoms with E-state index in [4.69, 9.17) is 15.0 Å². The normalized spacial score (nSPS) is 26.0. The summed E-state index contributed by atoms with van der Waals surface area (Å²) in [6, 6.07) is 0. The van der Waals surface area contributed by atoms with Crippen LogP contribution in [0.25, 0.3) is 0 Å². The van der Waals surface area contributed by atoms with Gasteiger partial charge in [-0.05, 0) is 0 Å². The number of nitrogens with zero attached hydrogens (tertiary/aromatic N) is 6. The maximum absolute atomic E-state index is 13.0. The summed E-state index contributed by atoms with van der Waals surface area (Å²) in [6.45, 7) is 0.000888. The van der Waals surface area contributed by atoms with Crippen molar-refractivity contribution < 1.29 is 24.0 Å². The van der Waals surface area contributed by atoms with E-state index in [9.17, 15) is 19.6 Å². The van der Waals surface area contributed by atoms with Gasteiger partial charge in [-0.2, -0.15) is 9.66 Å². The van der Waals surface area contributed by atoms with E-state index in [1.54, 1.807) is 18.1 Å². The Hall–Kier alpha value is -1.57. The van der Waals surface area contributed by atoms with Crippen LogP contribution >= 0.6 is 8.69 Å². The third-order valence-corrected chi connectivity index (χ3v) is 4.97. The molecule has 4 atom stereocenters. The first kappa shape index (κ1) is 22.1. The van der Waals surface area contributed by atoms with Crippen LogP contribution in [0.3, 0.4) is 0 Å². The Kier molecular flexibility index (Phi) is 6.61. The predicted molar refractivity (Wildman–Crippen MR) is 103 cm³/mol. The van der Waals surface area contributed by atoms with Crippen LogP contribution in [-0.2, 0) is 13.8 Å². The van der Waals surface area contributed by atoms with Crippen LogP contribution in [0, 0.1) is 0 Å². The molecule has 4 heterocycles. The van der Waals surface area contributed by atoms with Gasteiger partial charge in [0.15, 0.2) is 12.0 Å². The zero-order valence-electron chi connectivity index (χ0n) is 14.7. The molecule has 15 heteroatoms. The summed E-state index contributed by atoms with van der Waals surface area (Å²) in [4.78, 5) is 24.4. The quantitative estimate of drug-likeness (QED) is 0.338. The van der Waals surface area contributed by atoms with Crippen molar-refractivity contribution in [2.45, 2.75) is 24.5 Å². The van der Waals surface area contributed by atoms with Gasteiger partial charge in [-0.15, -0.1) is 0 Å². The Bertz CT molecular complexity index is 943. The minimum absolute atomic E-state index is 0. The Labute approximate surface area is 188 Å². The number of aromatic nitrogens is 4. The van der Waals surface area contributed by atoms with Gasteiger partial charge in [0.1, 0.15) is 30.3 Å². The number of rotatable bonds is 5. The molecule has 13 nitrogen and oxygen atoms in total. The fourth-order valence-corrected chi connectivity index (χ4v) is 3.64. The van der Waals surface area contributed by atoms with E-state index in [0.717, 1.165) is 4.68 Å². The van der Waals surface area contributed by atoms with Crippen LogP contribution in [0.2, 0.25) is 0 Å². The molecule has 2 aliphatic rings. The van der Waals surface area contributed by atoms with Crippen molar-refractivity contribution in [3.63, 3.8) is 0 Å². The summed E-state index contributed by atoms with van der Waals surface area (Å²) in [7, 11) is 1.13. The van der Waals surface area contributed by atoms with Crippen LogP contribution in [0.5, 0.6) is 0 Å². The summed E-state index contributed by atoms with van der Waals surface area (Å²) in [5.41, 5.74) is 5.82. The number of nitrogen functional groups attached to an aromatic ring is 1. The van der Waals surface area contributed by atoms with E-state index in [0.29, 0.717) is 0 Å². The molecule has 4 rings (SSSR count). The predicted octanol–water partition coefficient (Wildman–Crippen LogP) is -2.43. The first-order chi connectivity index (χ1) is 13.4. The zero-order valence-corrected chi connectivity index (χ0v) is 15.6. The molecule has 0 aliphatic carbocycles. The summed E-state index contributed by atoms with van der Waals surface area (Å²) in [5, 5.41) is 20.6. The van der Waals surface area contributed by atoms with Crippen molar-refractivity contribution in [3.05, 3.63) is 29.1 Å². The standard InChI is InChI=1S/C14H18N7O6P.Na.H/c1-18-6-20(13-10(23)9(22)7(27-13)4-26-28-25)11-8(18)12(24)21(14(15)17-11)19-3-2-16-5-19;;/h2-3,5,7,9-10,13,22-23H,4,6H2,1H3,(H2,15,17);;/t7-,9-,10-,13-;;/m1../s1. The van der Waals surface area contributed by atoms with Gasteiger partial charge >= 0.3 is 38.2 Å². The van der Waals surface area contributed by atoms with Crippen LogP contribution in [0.4, 0.5) is 17.5 Å². The molecule has 4 N–H and O–H groups in total. The summed E-state index contributed by atoms with van der Waals surface area (Å²) >= 11 is 0. The van der Waals surface area contributed by atoms with Crippen molar-refractivity contribution >= 4 is 55.7 Å². The van der Waals surface area contributed by atoms with Gasteiger partial charge in [0.25, 0.3) is 5.56 Å². The molecule has 1 fully saturated rings. The second kappa shape index (κ2) is 8.66. The second-order valence-electron chi connectivity index (χ2n) is 6.43. The molecule has 2 aliphatic heterocycles. The van der Waals surface area contributed by atoms with Crippen LogP contribution in [0.1, 0.15) is 0 Å². The van der Waals surface area contributed by atoms with Crippen LogP contribution in [-0.4, -0.2) is 104 Å². The third kappa shape index (κ3) is 3.68. The zero-order chi connectivity index (χ0) is 20.0. The topological polar surface area (TPSA) is 161 Å². The van der Waals surface area contributed by atoms with Crippen molar-refractivity contribution in [2.75, 3.05) is 35.9 Å². The second-order valence-corrected chi connectivity index (χ2v) is 6.83. The SMILES string of the molecule is CN1CN([C@@H]2O[C@H](COP=O)[C@@H](O)[C@H]2O)c2nc(N)n(-n3ccnc3)c(=O)c21.[NaH]. The molecule has 152 valence electrons. The average Bonchev–Trinajstić information content (AvgIpc) is 3.35. The number of hydrogen-bond acceptors (Lipinski definition) is 11. The molecule has 0 unspecified atom stereocenters. The molecule has 29 heavy (non-hydrogen) atoms. The Morgan fingerprint density at radius 1 is 1.41 bits per heavy atom. The first-order valence-corrected chi connectivity index (χ1v) is 9.02. The number of aliphatic hydroxyl groups is 2. The van der Waals surface area contributed by atoms with E-state index in [2.05, 4.69) is 9.97 Å². The minimum atomic E-state index is -1.30. The van der Waals surface area contributed by atoms with Gasteiger partial charge in [0, 0.05) is 19.4 Å². The molecule has 0 radical (unpaired) electrons. The van der Waals surface area contributed by atoms with E-state index >= 15 is 0 Å². The molecular formula is C14H19N7NaO6P. The van der Waals surface area contributed by atoms with E-state index in [-0.39, 0.29) is 60.3 Å². The van der Waals surface area contributed by atoms with Gasteiger partial charge in [-0.1, -0.05) is 0 Å². The van der Waals surface area contributed by atoms with Gasteiger partial charge in [-0.25, -0.2) is 14.2 Å². The number of nitrogens with two attached hydrogens (primary N) is 1. The number of ether oxygens (including phenoxy) is 1. The molecule has 1 saturated heterocycles. The third-order valence-electron chi connectivity index (χ3n) is 4.72. The fourth-order valence-electron chi connectivity index (χ4n) is 3.43. The van der Waals surface area contributed by atoms with Crippen molar-refractivity contribution in [1.29, 1.82) is 0 Å². The van der Waals surface area contributed by atoms with Gasteiger partial charge in [0.05, 0.1) is 13.3 Å². The maximum atomic E-state index is 13.0. The van der Waals surface area contributed by atoms with Crippen LogP contribution in [0.15, 0.2) is 23.5 Å². The Balaban J connectivity index is 0.00000240. The molecule has 0 saturated carbocycles. The van der Waals surface area contributed by atoms with Crippen molar-refractivity contribution in [1.82, 2.24) is 19.3 Å². The number of anilines is 3. The van der Waals surface area contributed by atoms with E-state index in [1.807, 2.05) is 0 Å². The monoisotopic (exact) mass is 435 g/mol. The number of hydrogen-bond donors (Lipinski definition) is 3. The summed E-state index contributed by atoms with van der Waals surface area (Å²) < 4.78 is 23.5. The van der Waals surface area contributed by atoms with Crippen LogP contribution < -0.4 is 21.1 Å². The number of aliphatic hydroxyl groups excluding tert-OH is 2. The molecule has 0 spiro atoms. The van der Waals surface area contributed by atoms with Gasteiger partial charge in [-0.3, -0.25) is 9.32 Å². The Morgan fingerprint density at radius 3 is 2.83 bits per heavy atom. The number of imidazole rings is 1. The Morgan fingerprint density at radius 2 is 2.17 bits per heavy atom. The summed E-state index contributed by atoms with van der Waals surface area (Å²) in [5.74, 6) is 0.140. The van der Waals surface area contributed by atoms with Crippen molar-refractivity contribution in [2.24, 2.45) is 0 Å².